The van der Waals surface area contributed by atoms with Crippen LogP contribution in [-0.4, -0.2) is 25.0 Å². The van der Waals surface area contributed by atoms with Gasteiger partial charge in [0.15, 0.2) is 0 Å². The van der Waals surface area contributed by atoms with Crippen molar-refractivity contribution in [3.63, 3.8) is 0 Å². The van der Waals surface area contributed by atoms with E-state index in [9.17, 15) is 28.0 Å². The first kappa shape index (κ1) is 16.7. The van der Waals surface area contributed by atoms with Gasteiger partial charge in [0, 0.05) is 12.6 Å². The van der Waals surface area contributed by atoms with Crippen molar-refractivity contribution in [1.29, 1.82) is 0 Å². The standard InChI is InChI=1S/C14H13FN2O5S/c1-2-16(11-3-5-13(18)6-4-11)23(21,22)14-8-10(15)7-12(9-14)17(19)20/h3-9,18H,2H2,1H3. The van der Waals surface area contributed by atoms with Crippen molar-refractivity contribution in [2.24, 2.45) is 0 Å². The molecule has 0 saturated carbocycles. The summed E-state index contributed by atoms with van der Waals surface area (Å²) in [5, 5.41) is 20.1. The summed E-state index contributed by atoms with van der Waals surface area (Å²) >= 11 is 0. The molecule has 0 unspecified atom stereocenters. The van der Waals surface area contributed by atoms with E-state index in [0.29, 0.717) is 6.07 Å². The number of nitro benzene ring substituents is 1. The summed E-state index contributed by atoms with van der Waals surface area (Å²) in [5.41, 5.74) is -0.400. The van der Waals surface area contributed by atoms with E-state index in [0.717, 1.165) is 16.4 Å². The fourth-order valence-electron chi connectivity index (χ4n) is 2.04. The number of non-ortho nitro benzene ring substituents is 1. The maximum absolute atomic E-state index is 13.5. The molecular weight excluding hydrogens is 327 g/mol. The molecule has 2 aromatic carbocycles. The number of rotatable bonds is 5. The summed E-state index contributed by atoms with van der Waals surface area (Å²) in [5.74, 6) is -1.05. The zero-order chi connectivity index (χ0) is 17.2. The Bertz CT molecular complexity index is 837. The van der Waals surface area contributed by atoms with Crippen LogP contribution in [0.25, 0.3) is 0 Å². The number of benzene rings is 2. The summed E-state index contributed by atoms with van der Waals surface area (Å²) in [6.07, 6.45) is 0. The van der Waals surface area contributed by atoms with Crippen LogP contribution >= 0.6 is 0 Å². The fourth-order valence-corrected chi connectivity index (χ4v) is 3.56. The molecule has 0 aromatic heterocycles. The number of nitrogens with zero attached hydrogens (tertiary/aromatic N) is 2. The third-order valence-corrected chi connectivity index (χ3v) is 4.96. The lowest BCUT2D eigenvalue weighted by Crippen LogP contribution is -2.30. The van der Waals surface area contributed by atoms with Crippen molar-refractivity contribution < 1.29 is 22.8 Å². The van der Waals surface area contributed by atoms with Gasteiger partial charge in [-0.25, -0.2) is 12.8 Å². The molecule has 1 N–H and O–H groups in total. The normalized spacial score (nSPS) is 11.2. The fraction of sp³-hybridized carbons (Fsp3) is 0.143. The molecule has 0 radical (unpaired) electrons. The Morgan fingerprint density at radius 3 is 2.35 bits per heavy atom. The zero-order valence-electron chi connectivity index (χ0n) is 12.0. The maximum atomic E-state index is 13.5. The van der Waals surface area contributed by atoms with Crippen LogP contribution in [0.5, 0.6) is 5.75 Å². The highest BCUT2D eigenvalue weighted by molar-refractivity contribution is 7.92. The van der Waals surface area contributed by atoms with Crippen molar-refractivity contribution in [3.8, 4) is 5.75 Å². The van der Waals surface area contributed by atoms with Crippen LogP contribution in [0.1, 0.15) is 6.92 Å². The Balaban J connectivity index is 2.55. The van der Waals surface area contributed by atoms with Gasteiger partial charge in [0.2, 0.25) is 0 Å². The van der Waals surface area contributed by atoms with Gasteiger partial charge in [-0.2, -0.15) is 0 Å². The molecule has 0 aliphatic heterocycles. The van der Waals surface area contributed by atoms with Crippen LogP contribution in [-0.2, 0) is 10.0 Å². The molecule has 0 bridgehead atoms. The molecule has 7 nitrogen and oxygen atoms in total. The maximum Gasteiger partial charge on any atom is 0.273 e. The predicted molar refractivity (Wildman–Crippen MR) is 81.4 cm³/mol. The summed E-state index contributed by atoms with van der Waals surface area (Å²) in [6, 6.07) is 7.56. The van der Waals surface area contributed by atoms with Crippen molar-refractivity contribution in [2.45, 2.75) is 11.8 Å². The van der Waals surface area contributed by atoms with E-state index in [1.165, 1.54) is 24.3 Å². The number of phenolic OH excluding ortho intramolecular Hbond substituents is 1. The Hall–Kier alpha value is -2.68. The SMILES string of the molecule is CCN(c1ccc(O)cc1)S(=O)(=O)c1cc(F)cc([N+](=O)[O-])c1. The van der Waals surface area contributed by atoms with Crippen LogP contribution in [0, 0.1) is 15.9 Å². The highest BCUT2D eigenvalue weighted by atomic mass is 32.2. The topological polar surface area (TPSA) is 101 Å². The summed E-state index contributed by atoms with van der Waals surface area (Å²) in [6.45, 7) is 1.59. The highest BCUT2D eigenvalue weighted by Crippen LogP contribution is 2.27. The second kappa shape index (κ2) is 6.21. The minimum absolute atomic E-state index is 0.0252. The second-order valence-electron chi connectivity index (χ2n) is 4.59. The molecule has 0 aliphatic rings. The molecule has 0 heterocycles. The van der Waals surface area contributed by atoms with E-state index in [1.54, 1.807) is 6.92 Å². The summed E-state index contributed by atoms with van der Waals surface area (Å²) in [4.78, 5) is 9.41. The van der Waals surface area contributed by atoms with Crippen molar-refractivity contribution in [1.82, 2.24) is 0 Å². The van der Waals surface area contributed by atoms with Gasteiger partial charge < -0.3 is 5.11 Å². The van der Waals surface area contributed by atoms with Gasteiger partial charge in [0.05, 0.1) is 21.6 Å². The van der Waals surface area contributed by atoms with Crippen LogP contribution in [0.15, 0.2) is 47.4 Å². The molecule has 0 spiro atoms. The van der Waals surface area contributed by atoms with Gasteiger partial charge in [-0.05, 0) is 37.3 Å². The largest absolute Gasteiger partial charge is 0.508 e. The minimum atomic E-state index is -4.19. The molecule has 2 aromatic rings. The van der Waals surface area contributed by atoms with Gasteiger partial charge in [-0.1, -0.05) is 0 Å². The van der Waals surface area contributed by atoms with Crippen LogP contribution < -0.4 is 4.31 Å². The highest BCUT2D eigenvalue weighted by Gasteiger charge is 2.26. The number of aromatic hydroxyl groups is 1. The number of hydrogen-bond donors (Lipinski definition) is 1. The van der Waals surface area contributed by atoms with E-state index in [4.69, 9.17) is 0 Å². The first-order valence-corrected chi connectivity index (χ1v) is 7.96. The number of nitro groups is 1. The third-order valence-electron chi connectivity index (χ3n) is 3.08. The summed E-state index contributed by atoms with van der Waals surface area (Å²) in [7, 11) is -4.19. The Kier molecular flexibility index (Phi) is 4.50. The number of sulfonamides is 1. The predicted octanol–water partition coefficient (Wildman–Crippen LogP) is 2.65. The second-order valence-corrected chi connectivity index (χ2v) is 6.45. The molecule has 0 atom stereocenters. The quantitative estimate of drug-likeness (QED) is 0.666. The van der Waals surface area contributed by atoms with Crippen LogP contribution in [0.2, 0.25) is 0 Å². The number of hydrogen-bond acceptors (Lipinski definition) is 5. The van der Waals surface area contributed by atoms with Gasteiger partial charge in [0.25, 0.3) is 15.7 Å². The summed E-state index contributed by atoms with van der Waals surface area (Å²) < 4.78 is 39.8. The molecule has 0 aliphatic carbocycles. The average molecular weight is 340 g/mol. The van der Waals surface area contributed by atoms with E-state index in [1.807, 2.05) is 0 Å². The average Bonchev–Trinajstić information content (AvgIpc) is 2.49. The molecule has 2 rings (SSSR count). The van der Waals surface area contributed by atoms with Gasteiger partial charge in [0.1, 0.15) is 11.6 Å². The number of halogens is 1. The molecule has 9 heteroatoms. The van der Waals surface area contributed by atoms with E-state index in [-0.39, 0.29) is 18.0 Å². The smallest absolute Gasteiger partial charge is 0.273 e. The van der Waals surface area contributed by atoms with Crippen LogP contribution in [0.4, 0.5) is 15.8 Å². The zero-order valence-corrected chi connectivity index (χ0v) is 12.8. The van der Waals surface area contributed by atoms with Crippen LogP contribution in [0.3, 0.4) is 0 Å². The van der Waals surface area contributed by atoms with Crippen molar-refractivity contribution in [2.75, 3.05) is 10.8 Å². The molecule has 23 heavy (non-hydrogen) atoms. The Labute approximate surface area is 131 Å². The monoisotopic (exact) mass is 340 g/mol. The molecule has 122 valence electrons. The lowest BCUT2D eigenvalue weighted by atomic mass is 10.3. The van der Waals surface area contributed by atoms with E-state index >= 15 is 0 Å². The molecule has 0 fully saturated rings. The number of anilines is 1. The molecule has 0 amide bonds. The first-order chi connectivity index (χ1) is 10.8. The van der Waals surface area contributed by atoms with Crippen molar-refractivity contribution in [3.05, 3.63) is 58.4 Å². The molecule has 0 saturated heterocycles. The Morgan fingerprint density at radius 1 is 1.22 bits per heavy atom. The number of phenols is 1. The lowest BCUT2D eigenvalue weighted by Gasteiger charge is -2.22. The minimum Gasteiger partial charge on any atom is -0.508 e. The van der Waals surface area contributed by atoms with Crippen molar-refractivity contribution >= 4 is 21.4 Å². The third kappa shape index (κ3) is 3.39. The van der Waals surface area contributed by atoms with Gasteiger partial charge in [-0.3, -0.25) is 14.4 Å². The molecular formula is C14H13FN2O5S. The first-order valence-electron chi connectivity index (χ1n) is 6.52. The Morgan fingerprint density at radius 2 is 1.83 bits per heavy atom. The van der Waals surface area contributed by atoms with E-state index in [2.05, 4.69) is 0 Å². The van der Waals surface area contributed by atoms with Gasteiger partial charge >= 0.3 is 0 Å². The van der Waals surface area contributed by atoms with E-state index < -0.39 is 31.3 Å². The lowest BCUT2D eigenvalue weighted by molar-refractivity contribution is -0.385. The van der Waals surface area contributed by atoms with Gasteiger partial charge in [-0.15, -0.1) is 0 Å².